The van der Waals surface area contributed by atoms with Gasteiger partial charge in [-0.1, -0.05) is 6.92 Å². The molecule has 1 aliphatic heterocycles. The lowest BCUT2D eigenvalue weighted by atomic mass is 9.98. The average Bonchev–Trinajstić information content (AvgIpc) is 2.69. The Kier molecular flexibility index (Phi) is 3.22. The quantitative estimate of drug-likeness (QED) is 0.798. The van der Waals surface area contributed by atoms with Crippen LogP contribution < -0.4 is 5.32 Å². The largest absolute Gasteiger partial charge is 0.472 e. The average molecular weight is 195 g/mol. The Morgan fingerprint density at radius 2 is 2.50 bits per heavy atom. The van der Waals surface area contributed by atoms with Crippen molar-refractivity contribution in [3.63, 3.8) is 0 Å². The van der Waals surface area contributed by atoms with E-state index in [0.29, 0.717) is 12.0 Å². The van der Waals surface area contributed by atoms with Crippen molar-refractivity contribution < 1.29 is 9.15 Å². The van der Waals surface area contributed by atoms with Crippen LogP contribution in [-0.4, -0.2) is 19.3 Å². The summed E-state index contributed by atoms with van der Waals surface area (Å²) < 4.78 is 10.4. The van der Waals surface area contributed by atoms with Crippen molar-refractivity contribution in [2.24, 2.45) is 5.92 Å². The number of hydrogen-bond acceptors (Lipinski definition) is 3. The molecule has 3 nitrogen and oxygen atoms in total. The number of furan rings is 1. The Bertz CT molecular complexity index is 258. The molecule has 1 N–H and O–H groups in total. The minimum absolute atomic E-state index is 0.582. The van der Waals surface area contributed by atoms with Crippen LogP contribution in [0.5, 0.6) is 0 Å². The van der Waals surface area contributed by atoms with E-state index >= 15 is 0 Å². The number of rotatable bonds is 3. The number of nitrogens with one attached hydrogen (secondary N) is 1. The second-order valence-corrected chi connectivity index (χ2v) is 3.96. The minimum atomic E-state index is 0.582. The van der Waals surface area contributed by atoms with Crippen LogP contribution in [0.1, 0.15) is 18.9 Å². The van der Waals surface area contributed by atoms with E-state index in [1.807, 2.05) is 6.07 Å². The summed E-state index contributed by atoms with van der Waals surface area (Å²) >= 11 is 0. The maximum Gasteiger partial charge on any atom is 0.0947 e. The first kappa shape index (κ1) is 9.74. The van der Waals surface area contributed by atoms with Crippen molar-refractivity contribution in [1.82, 2.24) is 5.32 Å². The molecule has 0 amide bonds. The second-order valence-electron chi connectivity index (χ2n) is 3.96. The SMILES string of the molecule is CC1COCCC1NCc1ccoc1. The predicted octanol–water partition coefficient (Wildman–Crippen LogP) is 1.79. The zero-order chi connectivity index (χ0) is 9.80. The highest BCUT2D eigenvalue weighted by molar-refractivity contribution is 5.04. The van der Waals surface area contributed by atoms with Gasteiger partial charge in [-0.25, -0.2) is 0 Å². The Morgan fingerprint density at radius 3 is 3.21 bits per heavy atom. The zero-order valence-corrected chi connectivity index (χ0v) is 8.53. The van der Waals surface area contributed by atoms with Gasteiger partial charge in [-0.3, -0.25) is 0 Å². The molecule has 0 bridgehead atoms. The lowest BCUT2D eigenvalue weighted by molar-refractivity contribution is 0.0386. The van der Waals surface area contributed by atoms with Gasteiger partial charge in [0.25, 0.3) is 0 Å². The zero-order valence-electron chi connectivity index (χ0n) is 8.53. The van der Waals surface area contributed by atoms with Gasteiger partial charge < -0.3 is 14.5 Å². The van der Waals surface area contributed by atoms with Gasteiger partial charge in [0.05, 0.1) is 19.1 Å². The molecule has 0 aromatic carbocycles. The molecule has 3 heteroatoms. The Labute approximate surface area is 84.4 Å². The van der Waals surface area contributed by atoms with Crippen molar-refractivity contribution in [2.75, 3.05) is 13.2 Å². The molecule has 2 heterocycles. The van der Waals surface area contributed by atoms with Gasteiger partial charge in [-0.05, 0) is 18.4 Å². The number of ether oxygens (including phenoxy) is 1. The number of hydrogen-bond donors (Lipinski definition) is 1. The molecule has 0 aliphatic carbocycles. The standard InChI is InChI=1S/C11H17NO2/c1-9-7-13-5-3-11(9)12-6-10-2-4-14-8-10/h2,4,8-9,11-12H,3,5-7H2,1H3. The van der Waals surface area contributed by atoms with E-state index in [9.17, 15) is 0 Å². The molecule has 0 spiro atoms. The minimum Gasteiger partial charge on any atom is -0.472 e. The summed E-state index contributed by atoms with van der Waals surface area (Å²) in [5, 5.41) is 3.53. The summed E-state index contributed by atoms with van der Waals surface area (Å²) in [5.74, 6) is 0.607. The lowest BCUT2D eigenvalue weighted by Gasteiger charge is -2.29. The highest BCUT2D eigenvalue weighted by atomic mass is 16.5. The van der Waals surface area contributed by atoms with E-state index in [1.54, 1.807) is 12.5 Å². The van der Waals surface area contributed by atoms with E-state index < -0.39 is 0 Å². The van der Waals surface area contributed by atoms with Crippen molar-refractivity contribution in [1.29, 1.82) is 0 Å². The Hall–Kier alpha value is -0.800. The van der Waals surface area contributed by atoms with Crippen LogP contribution in [0.15, 0.2) is 23.0 Å². The molecular formula is C11H17NO2. The molecule has 1 saturated heterocycles. The summed E-state index contributed by atoms with van der Waals surface area (Å²) in [4.78, 5) is 0. The van der Waals surface area contributed by atoms with Gasteiger partial charge in [-0.15, -0.1) is 0 Å². The first-order chi connectivity index (χ1) is 6.86. The van der Waals surface area contributed by atoms with Crippen LogP contribution in [0, 0.1) is 5.92 Å². The summed E-state index contributed by atoms with van der Waals surface area (Å²) in [6, 6.07) is 2.58. The van der Waals surface area contributed by atoms with Gasteiger partial charge in [0.2, 0.25) is 0 Å². The summed E-state index contributed by atoms with van der Waals surface area (Å²) in [7, 11) is 0. The smallest absolute Gasteiger partial charge is 0.0947 e. The monoisotopic (exact) mass is 195 g/mol. The van der Waals surface area contributed by atoms with Crippen molar-refractivity contribution in [3.8, 4) is 0 Å². The van der Waals surface area contributed by atoms with Crippen molar-refractivity contribution in [2.45, 2.75) is 25.9 Å². The van der Waals surface area contributed by atoms with Crippen LogP contribution >= 0.6 is 0 Å². The molecular weight excluding hydrogens is 178 g/mol. The summed E-state index contributed by atoms with van der Waals surface area (Å²) in [5.41, 5.74) is 1.21. The van der Waals surface area contributed by atoms with Gasteiger partial charge >= 0.3 is 0 Å². The fraction of sp³-hybridized carbons (Fsp3) is 0.636. The van der Waals surface area contributed by atoms with E-state index in [4.69, 9.17) is 9.15 Å². The predicted molar refractivity (Wildman–Crippen MR) is 53.9 cm³/mol. The third-order valence-electron chi connectivity index (χ3n) is 2.79. The molecule has 2 rings (SSSR count). The van der Waals surface area contributed by atoms with Gasteiger partial charge in [-0.2, -0.15) is 0 Å². The fourth-order valence-electron chi connectivity index (χ4n) is 1.83. The third kappa shape index (κ3) is 2.36. The van der Waals surface area contributed by atoms with E-state index in [1.165, 1.54) is 5.56 Å². The molecule has 0 radical (unpaired) electrons. The Morgan fingerprint density at radius 1 is 1.57 bits per heavy atom. The maximum absolute atomic E-state index is 5.39. The van der Waals surface area contributed by atoms with Crippen molar-refractivity contribution in [3.05, 3.63) is 24.2 Å². The van der Waals surface area contributed by atoms with E-state index in [2.05, 4.69) is 12.2 Å². The summed E-state index contributed by atoms with van der Waals surface area (Å²) in [6.07, 6.45) is 4.61. The maximum atomic E-state index is 5.39. The molecule has 2 atom stereocenters. The van der Waals surface area contributed by atoms with Crippen molar-refractivity contribution >= 4 is 0 Å². The molecule has 2 unspecified atom stereocenters. The van der Waals surface area contributed by atoms with Crippen LogP contribution in [0.3, 0.4) is 0 Å². The molecule has 1 fully saturated rings. The van der Waals surface area contributed by atoms with Gasteiger partial charge in [0.1, 0.15) is 0 Å². The second kappa shape index (κ2) is 4.62. The van der Waals surface area contributed by atoms with Crippen LogP contribution in [0.2, 0.25) is 0 Å². The fourth-order valence-corrected chi connectivity index (χ4v) is 1.83. The molecule has 1 aromatic heterocycles. The molecule has 78 valence electrons. The van der Waals surface area contributed by atoms with Crippen LogP contribution in [0.25, 0.3) is 0 Å². The molecule has 1 aliphatic rings. The first-order valence-electron chi connectivity index (χ1n) is 5.18. The van der Waals surface area contributed by atoms with Crippen LogP contribution in [0.4, 0.5) is 0 Å². The van der Waals surface area contributed by atoms with E-state index in [-0.39, 0.29) is 0 Å². The highest BCUT2D eigenvalue weighted by Crippen LogP contribution is 2.14. The molecule has 1 aromatic rings. The lowest BCUT2D eigenvalue weighted by Crippen LogP contribution is -2.40. The van der Waals surface area contributed by atoms with Gasteiger partial charge in [0, 0.05) is 24.8 Å². The van der Waals surface area contributed by atoms with E-state index in [0.717, 1.165) is 26.2 Å². The van der Waals surface area contributed by atoms with Crippen LogP contribution in [-0.2, 0) is 11.3 Å². The molecule has 14 heavy (non-hydrogen) atoms. The third-order valence-corrected chi connectivity index (χ3v) is 2.79. The molecule has 0 saturated carbocycles. The van der Waals surface area contributed by atoms with Gasteiger partial charge in [0.15, 0.2) is 0 Å². The topological polar surface area (TPSA) is 34.4 Å². The first-order valence-corrected chi connectivity index (χ1v) is 5.18. The Balaban J connectivity index is 1.79. The normalized spacial score (nSPS) is 27.8. The summed E-state index contributed by atoms with van der Waals surface area (Å²) in [6.45, 7) is 4.88. The highest BCUT2D eigenvalue weighted by Gasteiger charge is 2.20.